The van der Waals surface area contributed by atoms with Gasteiger partial charge in [-0.05, 0) is 36.4 Å². The van der Waals surface area contributed by atoms with Crippen LogP contribution in [0.5, 0.6) is 0 Å². The quantitative estimate of drug-likeness (QED) is 0.484. The molecule has 0 aliphatic rings. The number of anilines is 1. The molecule has 0 aliphatic carbocycles. The largest absolute Gasteiger partial charge is 0.326 e. The number of amides is 1. The third-order valence-electron chi connectivity index (χ3n) is 3.17. The molecule has 6 nitrogen and oxygen atoms in total. The SMILES string of the molecule is O=C(CCC(=O)c1ccc(F)cc1)Nc1ccc(Cl)c([N+](=O)[O-])c1. The zero-order valence-corrected chi connectivity index (χ0v) is 13.0. The highest BCUT2D eigenvalue weighted by molar-refractivity contribution is 6.32. The van der Waals surface area contributed by atoms with Crippen LogP contribution >= 0.6 is 11.6 Å². The molecule has 124 valence electrons. The molecule has 2 rings (SSSR count). The first-order valence-corrected chi connectivity index (χ1v) is 7.27. The van der Waals surface area contributed by atoms with Crippen molar-refractivity contribution in [3.8, 4) is 0 Å². The molecule has 2 aromatic rings. The maximum Gasteiger partial charge on any atom is 0.289 e. The van der Waals surface area contributed by atoms with E-state index in [0.717, 1.165) is 6.07 Å². The van der Waals surface area contributed by atoms with E-state index >= 15 is 0 Å². The number of hydrogen-bond donors (Lipinski definition) is 1. The van der Waals surface area contributed by atoms with E-state index in [9.17, 15) is 24.1 Å². The summed E-state index contributed by atoms with van der Waals surface area (Å²) in [6.45, 7) is 0. The van der Waals surface area contributed by atoms with Crippen LogP contribution < -0.4 is 5.32 Å². The summed E-state index contributed by atoms with van der Waals surface area (Å²) in [5.41, 5.74) is 0.202. The molecule has 0 bridgehead atoms. The zero-order valence-electron chi connectivity index (χ0n) is 12.3. The van der Waals surface area contributed by atoms with Crippen molar-refractivity contribution < 1.29 is 18.9 Å². The van der Waals surface area contributed by atoms with E-state index in [1.54, 1.807) is 0 Å². The van der Waals surface area contributed by atoms with Gasteiger partial charge in [0.15, 0.2) is 5.78 Å². The molecule has 0 aromatic heterocycles. The first kappa shape index (κ1) is 17.6. The fourth-order valence-electron chi connectivity index (χ4n) is 1.96. The van der Waals surface area contributed by atoms with Gasteiger partial charge in [0.1, 0.15) is 10.8 Å². The molecule has 2 aromatic carbocycles. The van der Waals surface area contributed by atoms with E-state index in [1.165, 1.54) is 36.4 Å². The minimum atomic E-state index is -0.657. The molecule has 0 aliphatic heterocycles. The van der Waals surface area contributed by atoms with Gasteiger partial charge >= 0.3 is 0 Å². The molecule has 0 saturated carbocycles. The van der Waals surface area contributed by atoms with Crippen LogP contribution in [0, 0.1) is 15.9 Å². The van der Waals surface area contributed by atoms with Crippen molar-refractivity contribution in [2.45, 2.75) is 12.8 Å². The van der Waals surface area contributed by atoms with Crippen LogP contribution in [0.2, 0.25) is 5.02 Å². The molecule has 0 heterocycles. The van der Waals surface area contributed by atoms with E-state index in [-0.39, 0.29) is 35.0 Å². The molecule has 1 amide bonds. The Morgan fingerprint density at radius 3 is 2.42 bits per heavy atom. The summed E-state index contributed by atoms with van der Waals surface area (Å²) in [6.07, 6.45) is -0.167. The van der Waals surface area contributed by atoms with Crippen LogP contribution in [0.3, 0.4) is 0 Å². The van der Waals surface area contributed by atoms with Crippen LogP contribution in [0.15, 0.2) is 42.5 Å². The van der Waals surface area contributed by atoms with Crippen molar-refractivity contribution in [3.05, 3.63) is 69.0 Å². The highest BCUT2D eigenvalue weighted by Crippen LogP contribution is 2.27. The molecule has 0 fully saturated rings. The summed E-state index contributed by atoms with van der Waals surface area (Å²) in [7, 11) is 0. The van der Waals surface area contributed by atoms with Crippen LogP contribution in [-0.2, 0) is 4.79 Å². The van der Waals surface area contributed by atoms with Crippen LogP contribution in [0.25, 0.3) is 0 Å². The molecule has 8 heteroatoms. The van der Waals surface area contributed by atoms with Gasteiger partial charge in [0.2, 0.25) is 5.91 Å². The number of halogens is 2. The molecule has 1 N–H and O–H groups in total. The van der Waals surface area contributed by atoms with Crippen molar-refractivity contribution in [1.29, 1.82) is 0 Å². The average molecular weight is 351 g/mol. The van der Waals surface area contributed by atoms with Crippen molar-refractivity contribution >= 4 is 34.7 Å². The monoisotopic (exact) mass is 350 g/mol. The van der Waals surface area contributed by atoms with Crippen LogP contribution in [0.4, 0.5) is 15.8 Å². The lowest BCUT2D eigenvalue weighted by Gasteiger charge is -2.06. The average Bonchev–Trinajstić information content (AvgIpc) is 2.55. The number of nitrogens with zero attached hydrogens (tertiary/aromatic N) is 1. The Balaban J connectivity index is 1.94. The number of ketones is 1. The summed E-state index contributed by atoms with van der Waals surface area (Å²) in [6, 6.07) is 8.90. The van der Waals surface area contributed by atoms with E-state index in [1.807, 2.05) is 0 Å². The second-order valence-electron chi connectivity index (χ2n) is 4.90. The van der Waals surface area contributed by atoms with Crippen molar-refractivity contribution in [3.63, 3.8) is 0 Å². The number of hydrogen-bond acceptors (Lipinski definition) is 4. The smallest absolute Gasteiger partial charge is 0.289 e. The van der Waals surface area contributed by atoms with Crippen molar-refractivity contribution in [2.75, 3.05) is 5.32 Å². The standard InChI is InChI=1S/C16H12ClFN2O4/c17-13-6-5-12(9-14(13)20(23)24)19-16(22)8-7-15(21)10-1-3-11(18)4-2-10/h1-6,9H,7-8H2,(H,19,22). The van der Waals surface area contributed by atoms with Gasteiger partial charge in [0.25, 0.3) is 5.69 Å². The highest BCUT2D eigenvalue weighted by atomic mass is 35.5. The fraction of sp³-hybridized carbons (Fsp3) is 0.125. The molecule has 24 heavy (non-hydrogen) atoms. The van der Waals surface area contributed by atoms with Crippen LogP contribution in [-0.4, -0.2) is 16.6 Å². The van der Waals surface area contributed by atoms with Gasteiger partial charge in [-0.3, -0.25) is 19.7 Å². The molecule has 0 saturated heterocycles. The molecule has 0 radical (unpaired) electrons. The lowest BCUT2D eigenvalue weighted by molar-refractivity contribution is -0.384. The number of benzene rings is 2. The minimum absolute atomic E-state index is 0.0375. The maximum atomic E-state index is 12.8. The minimum Gasteiger partial charge on any atom is -0.326 e. The molecular formula is C16H12ClFN2O4. The maximum absolute atomic E-state index is 12.8. The van der Waals surface area contributed by atoms with Crippen molar-refractivity contribution in [2.24, 2.45) is 0 Å². The number of carbonyl (C=O) groups is 2. The number of nitrogens with one attached hydrogen (secondary N) is 1. The molecule has 0 unspecified atom stereocenters. The number of rotatable bonds is 6. The number of carbonyl (C=O) groups excluding carboxylic acids is 2. The van der Waals surface area contributed by atoms with Gasteiger partial charge in [-0.1, -0.05) is 11.6 Å². The normalized spacial score (nSPS) is 10.2. The summed E-state index contributed by atoms with van der Waals surface area (Å²) >= 11 is 5.68. The Morgan fingerprint density at radius 1 is 1.12 bits per heavy atom. The van der Waals surface area contributed by atoms with E-state index < -0.39 is 16.6 Å². The van der Waals surface area contributed by atoms with Gasteiger partial charge < -0.3 is 5.32 Å². The number of nitro benzene ring substituents is 1. The van der Waals surface area contributed by atoms with Gasteiger partial charge in [-0.25, -0.2) is 4.39 Å². The lowest BCUT2D eigenvalue weighted by atomic mass is 10.1. The van der Waals surface area contributed by atoms with E-state index in [0.29, 0.717) is 5.56 Å². The van der Waals surface area contributed by atoms with E-state index in [4.69, 9.17) is 11.6 Å². The number of Topliss-reactive ketones (excluding diaryl/α,β-unsaturated/α-hetero) is 1. The highest BCUT2D eigenvalue weighted by Gasteiger charge is 2.15. The fourth-order valence-corrected chi connectivity index (χ4v) is 2.15. The van der Waals surface area contributed by atoms with Gasteiger partial charge in [0, 0.05) is 30.2 Å². The Hall–Kier alpha value is -2.80. The Labute approximate surface area is 141 Å². The van der Waals surface area contributed by atoms with E-state index in [2.05, 4.69) is 5.32 Å². The zero-order chi connectivity index (χ0) is 17.7. The third kappa shape index (κ3) is 4.60. The summed E-state index contributed by atoms with van der Waals surface area (Å²) < 4.78 is 12.8. The predicted octanol–water partition coefficient (Wildman–Crippen LogP) is 3.99. The predicted molar refractivity (Wildman–Crippen MR) is 86.7 cm³/mol. The Kier molecular flexibility index (Phi) is 5.59. The molecule has 0 atom stereocenters. The first-order chi connectivity index (χ1) is 11.4. The van der Waals surface area contributed by atoms with Crippen LogP contribution in [0.1, 0.15) is 23.2 Å². The third-order valence-corrected chi connectivity index (χ3v) is 3.49. The summed E-state index contributed by atoms with van der Waals surface area (Å²) in [5.74, 6) is -1.22. The second kappa shape index (κ2) is 7.65. The van der Waals surface area contributed by atoms with Crippen molar-refractivity contribution in [1.82, 2.24) is 0 Å². The summed E-state index contributed by atoms with van der Waals surface area (Å²) in [4.78, 5) is 33.9. The Bertz CT molecular complexity index is 793. The number of nitro groups is 1. The van der Waals surface area contributed by atoms with Gasteiger partial charge in [0.05, 0.1) is 4.92 Å². The van der Waals surface area contributed by atoms with Gasteiger partial charge in [-0.15, -0.1) is 0 Å². The topological polar surface area (TPSA) is 89.3 Å². The molecular weight excluding hydrogens is 339 g/mol. The second-order valence-corrected chi connectivity index (χ2v) is 5.31. The van der Waals surface area contributed by atoms with Gasteiger partial charge in [-0.2, -0.15) is 0 Å². The summed E-state index contributed by atoms with van der Waals surface area (Å²) in [5, 5.41) is 13.2. The first-order valence-electron chi connectivity index (χ1n) is 6.89. The molecule has 0 spiro atoms. The lowest BCUT2D eigenvalue weighted by Crippen LogP contribution is -2.13. The Morgan fingerprint density at radius 2 is 1.79 bits per heavy atom.